The molecule has 0 aliphatic heterocycles. The Kier molecular flexibility index (Phi) is 10.7. The van der Waals surface area contributed by atoms with Crippen molar-refractivity contribution < 1.29 is 34.2 Å². The maximum atomic E-state index is 12.3. The zero-order chi connectivity index (χ0) is 22.0. The highest BCUT2D eigenvalue weighted by molar-refractivity contribution is 5.93. The molecule has 28 heavy (non-hydrogen) atoms. The third-order valence-corrected chi connectivity index (χ3v) is 4.04. The van der Waals surface area contributed by atoms with Gasteiger partial charge in [0.1, 0.15) is 12.1 Å². The van der Waals surface area contributed by atoms with Gasteiger partial charge in [-0.1, -0.05) is 20.3 Å². The number of carbonyl (C=O) groups is 5. The van der Waals surface area contributed by atoms with Crippen molar-refractivity contribution in [3.05, 3.63) is 0 Å². The van der Waals surface area contributed by atoms with Crippen LogP contribution in [-0.2, 0) is 24.0 Å². The molecule has 0 radical (unpaired) electrons. The zero-order valence-electron chi connectivity index (χ0n) is 16.1. The first-order valence-electron chi connectivity index (χ1n) is 8.72. The number of nitrogens with two attached hydrogens (primary N) is 2. The summed E-state index contributed by atoms with van der Waals surface area (Å²) in [6.07, 6.45) is -1.25. The van der Waals surface area contributed by atoms with Gasteiger partial charge in [0, 0.05) is 0 Å². The van der Waals surface area contributed by atoms with Crippen LogP contribution in [0.1, 0.15) is 33.6 Å². The Hall–Kier alpha value is -2.73. The molecule has 5 unspecified atom stereocenters. The minimum Gasteiger partial charge on any atom is -0.480 e. The van der Waals surface area contributed by atoms with Crippen LogP contribution in [0.15, 0.2) is 0 Å². The molecule has 5 atom stereocenters. The molecule has 0 aromatic carbocycles. The Bertz CT molecular complexity index is 596. The van der Waals surface area contributed by atoms with E-state index in [1.165, 1.54) is 6.92 Å². The summed E-state index contributed by atoms with van der Waals surface area (Å²) in [4.78, 5) is 58.0. The molecule has 160 valence electrons. The zero-order valence-corrected chi connectivity index (χ0v) is 16.1. The first kappa shape index (κ1) is 25.3. The maximum absolute atomic E-state index is 12.3. The summed E-state index contributed by atoms with van der Waals surface area (Å²) in [7, 11) is 0. The standard InChI is InChI=1S/C16H29N5O7/c1-4-7(2)12(16(27)28)21-15(26)13(8(3)22)20-11(24)6-19-14(25)9(17)5-10(18)23/h7-9,12-13,22H,4-6,17H2,1-3H3,(H2,18,23)(H,19,25)(H,20,24)(H,21,26)(H,27,28). The third kappa shape index (κ3) is 8.77. The SMILES string of the molecule is CCC(C)C(NC(=O)C(NC(=O)CNC(=O)C(N)CC(N)=O)C(C)O)C(=O)O. The lowest BCUT2D eigenvalue weighted by molar-refractivity contribution is -0.144. The number of carboxylic acid groups (broad SMARTS) is 1. The predicted octanol–water partition coefficient (Wildman–Crippen LogP) is -3.21. The molecule has 0 bridgehead atoms. The second-order valence-electron chi connectivity index (χ2n) is 6.49. The van der Waals surface area contributed by atoms with E-state index in [1.807, 2.05) is 0 Å². The number of carboxylic acids is 1. The fourth-order valence-corrected chi connectivity index (χ4v) is 2.16. The minimum atomic E-state index is -1.44. The number of aliphatic carboxylic acids is 1. The van der Waals surface area contributed by atoms with E-state index in [1.54, 1.807) is 13.8 Å². The van der Waals surface area contributed by atoms with Gasteiger partial charge in [-0.05, 0) is 12.8 Å². The molecule has 0 saturated carbocycles. The quantitative estimate of drug-likeness (QED) is 0.175. The van der Waals surface area contributed by atoms with Gasteiger partial charge in [-0.3, -0.25) is 19.2 Å². The highest BCUT2D eigenvalue weighted by atomic mass is 16.4. The topological polar surface area (TPSA) is 214 Å². The van der Waals surface area contributed by atoms with Crippen molar-refractivity contribution in [2.24, 2.45) is 17.4 Å². The number of primary amides is 1. The van der Waals surface area contributed by atoms with Crippen LogP contribution in [0.4, 0.5) is 0 Å². The molecule has 4 amide bonds. The van der Waals surface area contributed by atoms with Crippen LogP contribution in [0.2, 0.25) is 0 Å². The van der Waals surface area contributed by atoms with E-state index in [-0.39, 0.29) is 5.92 Å². The maximum Gasteiger partial charge on any atom is 0.326 e. The molecule has 0 rings (SSSR count). The number of amides is 4. The van der Waals surface area contributed by atoms with Crippen molar-refractivity contribution in [3.8, 4) is 0 Å². The minimum absolute atomic E-state index is 0.377. The Morgan fingerprint density at radius 3 is 2.00 bits per heavy atom. The highest BCUT2D eigenvalue weighted by Crippen LogP contribution is 2.08. The van der Waals surface area contributed by atoms with E-state index in [4.69, 9.17) is 11.5 Å². The number of aliphatic hydroxyl groups excluding tert-OH is 1. The van der Waals surface area contributed by atoms with Gasteiger partial charge < -0.3 is 37.6 Å². The molecule has 0 aromatic heterocycles. The summed E-state index contributed by atoms with van der Waals surface area (Å²) in [6.45, 7) is 4.06. The van der Waals surface area contributed by atoms with Crippen LogP contribution in [0.25, 0.3) is 0 Å². The van der Waals surface area contributed by atoms with Crippen LogP contribution in [0.5, 0.6) is 0 Å². The summed E-state index contributed by atoms with van der Waals surface area (Å²) in [5.74, 6) is -4.90. The smallest absolute Gasteiger partial charge is 0.326 e. The first-order chi connectivity index (χ1) is 12.9. The van der Waals surface area contributed by atoms with Crippen molar-refractivity contribution in [2.75, 3.05) is 6.54 Å². The third-order valence-electron chi connectivity index (χ3n) is 4.04. The van der Waals surface area contributed by atoms with Gasteiger partial charge in [-0.15, -0.1) is 0 Å². The van der Waals surface area contributed by atoms with Crippen LogP contribution >= 0.6 is 0 Å². The molecular weight excluding hydrogens is 374 g/mol. The fraction of sp³-hybridized carbons (Fsp3) is 0.688. The lowest BCUT2D eigenvalue weighted by Crippen LogP contribution is -2.58. The highest BCUT2D eigenvalue weighted by Gasteiger charge is 2.31. The summed E-state index contributed by atoms with van der Waals surface area (Å²) >= 11 is 0. The van der Waals surface area contributed by atoms with E-state index in [0.717, 1.165) is 0 Å². The molecule has 0 heterocycles. The van der Waals surface area contributed by atoms with Crippen molar-refractivity contribution in [2.45, 2.75) is 57.8 Å². The molecule has 0 saturated heterocycles. The molecule has 0 aliphatic rings. The van der Waals surface area contributed by atoms with E-state index in [9.17, 15) is 34.2 Å². The van der Waals surface area contributed by atoms with Gasteiger partial charge in [0.15, 0.2) is 0 Å². The second kappa shape index (κ2) is 11.9. The normalized spacial score (nSPS) is 16.0. The second-order valence-corrected chi connectivity index (χ2v) is 6.49. The van der Waals surface area contributed by atoms with E-state index >= 15 is 0 Å². The predicted molar refractivity (Wildman–Crippen MR) is 97.4 cm³/mol. The lowest BCUT2D eigenvalue weighted by atomic mass is 9.98. The first-order valence-corrected chi connectivity index (χ1v) is 8.72. The Morgan fingerprint density at radius 2 is 1.57 bits per heavy atom. The summed E-state index contributed by atoms with van der Waals surface area (Å²) in [5, 5.41) is 25.7. The van der Waals surface area contributed by atoms with Crippen molar-refractivity contribution in [1.82, 2.24) is 16.0 Å². The van der Waals surface area contributed by atoms with Crippen LogP contribution in [0.3, 0.4) is 0 Å². The largest absolute Gasteiger partial charge is 0.480 e. The van der Waals surface area contributed by atoms with E-state index < -0.39 is 66.8 Å². The number of hydrogen-bond donors (Lipinski definition) is 7. The van der Waals surface area contributed by atoms with Gasteiger partial charge in [0.2, 0.25) is 23.6 Å². The molecule has 0 spiro atoms. The van der Waals surface area contributed by atoms with Gasteiger partial charge in [0.25, 0.3) is 0 Å². The Balaban J connectivity index is 4.86. The van der Waals surface area contributed by atoms with Gasteiger partial charge in [-0.25, -0.2) is 4.79 Å². The van der Waals surface area contributed by atoms with E-state index in [0.29, 0.717) is 6.42 Å². The number of rotatable bonds is 12. The van der Waals surface area contributed by atoms with Crippen molar-refractivity contribution >= 4 is 29.6 Å². The molecule has 0 fully saturated rings. The Morgan fingerprint density at radius 1 is 1.00 bits per heavy atom. The van der Waals surface area contributed by atoms with Crippen molar-refractivity contribution in [1.29, 1.82) is 0 Å². The van der Waals surface area contributed by atoms with Gasteiger partial charge in [-0.2, -0.15) is 0 Å². The monoisotopic (exact) mass is 403 g/mol. The summed E-state index contributed by atoms with van der Waals surface area (Å²) < 4.78 is 0. The van der Waals surface area contributed by atoms with Gasteiger partial charge in [0.05, 0.1) is 25.1 Å². The van der Waals surface area contributed by atoms with Crippen molar-refractivity contribution in [3.63, 3.8) is 0 Å². The van der Waals surface area contributed by atoms with Crippen LogP contribution < -0.4 is 27.4 Å². The summed E-state index contributed by atoms with van der Waals surface area (Å²) in [6, 6.07) is -3.86. The molecular formula is C16H29N5O7. The van der Waals surface area contributed by atoms with E-state index in [2.05, 4.69) is 16.0 Å². The molecule has 0 aromatic rings. The Labute approximate surface area is 162 Å². The molecule has 12 nitrogen and oxygen atoms in total. The molecule has 0 aliphatic carbocycles. The van der Waals surface area contributed by atoms with Crippen LogP contribution in [-0.4, -0.2) is 70.6 Å². The van der Waals surface area contributed by atoms with Gasteiger partial charge >= 0.3 is 5.97 Å². The van der Waals surface area contributed by atoms with Crippen LogP contribution in [0, 0.1) is 5.92 Å². The average Bonchev–Trinajstić information content (AvgIpc) is 2.59. The average molecular weight is 403 g/mol. The molecule has 12 heteroatoms. The summed E-state index contributed by atoms with van der Waals surface area (Å²) in [5.41, 5.74) is 10.3. The lowest BCUT2D eigenvalue weighted by Gasteiger charge is -2.25. The molecule has 9 N–H and O–H groups in total. The number of hydrogen-bond acceptors (Lipinski definition) is 7. The number of nitrogens with one attached hydrogen (secondary N) is 3. The fourth-order valence-electron chi connectivity index (χ4n) is 2.16. The number of aliphatic hydroxyl groups is 1. The number of carbonyl (C=O) groups excluding carboxylic acids is 4.